The topological polar surface area (TPSA) is 81.7 Å². The van der Waals surface area contributed by atoms with Crippen LogP contribution in [0.2, 0.25) is 5.02 Å². The molecule has 0 bridgehead atoms. The monoisotopic (exact) mass is 321 g/mol. The fourth-order valence-corrected chi connectivity index (χ4v) is 2.10. The van der Waals surface area contributed by atoms with E-state index in [9.17, 15) is 13.2 Å². The van der Waals surface area contributed by atoms with Crippen LogP contribution in [0.5, 0.6) is 5.75 Å². The third-order valence-corrected chi connectivity index (χ3v) is 3.25. The van der Waals surface area contributed by atoms with E-state index in [0.717, 1.165) is 6.26 Å². The Hall–Kier alpha value is -1.31. The summed E-state index contributed by atoms with van der Waals surface area (Å²) in [6, 6.07) is 4.62. The largest absolute Gasteiger partial charge is 0.493 e. The number of ether oxygens (including phenoxy) is 2. The molecule has 0 unspecified atom stereocenters. The van der Waals surface area contributed by atoms with Gasteiger partial charge in [0.2, 0.25) is 10.0 Å². The third-order valence-electron chi connectivity index (χ3n) is 2.29. The number of esters is 1. The molecular formula is C12H16ClNO5S. The number of carbonyl (C=O) groups is 1. The molecule has 1 aromatic carbocycles. The van der Waals surface area contributed by atoms with E-state index >= 15 is 0 Å². The smallest absolute Gasteiger partial charge is 0.341 e. The second kappa shape index (κ2) is 7.47. The number of benzene rings is 1. The summed E-state index contributed by atoms with van der Waals surface area (Å²) in [6.45, 7) is 0.522. The van der Waals surface area contributed by atoms with Crippen molar-refractivity contribution in [3.8, 4) is 5.75 Å². The molecule has 6 nitrogen and oxygen atoms in total. The van der Waals surface area contributed by atoms with E-state index in [1.165, 1.54) is 13.2 Å². The summed E-state index contributed by atoms with van der Waals surface area (Å²) in [5.41, 5.74) is 0.232. The Kier molecular flexibility index (Phi) is 6.25. The van der Waals surface area contributed by atoms with E-state index in [4.69, 9.17) is 16.3 Å². The average molecular weight is 322 g/mol. The van der Waals surface area contributed by atoms with Crippen molar-refractivity contribution in [3.63, 3.8) is 0 Å². The fourth-order valence-electron chi connectivity index (χ4n) is 1.41. The predicted molar refractivity (Wildman–Crippen MR) is 75.8 cm³/mol. The second-order valence-corrected chi connectivity index (χ2v) is 6.27. The normalized spacial score (nSPS) is 11.2. The number of nitrogens with one attached hydrogen (secondary N) is 1. The van der Waals surface area contributed by atoms with Crippen LogP contribution in [-0.2, 0) is 14.8 Å². The van der Waals surface area contributed by atoms with Gasteiger partial charge in [-0.3, -0.25) is 0 Å². The quantitative estimate of drug-likeness (QED) is 0.607. The van der Waals surface area contributed by atoms with Crippen molar-refractivity contribution < 1.29 is 22.7 Å². The fraction of sp³-hybridized carbons (Fsp3) is 0.417. The van der Waals surface area contributed by atoms with E-state index in [0.29, 0.717) is 17.2 Å². The Labute approximate surface area is 123 Å². The number of sulfonamides is 1. The van der Waals surface area contributed by atoms with E-state index in [2.05, 4.69) is 9.46 Å². The maximum Gasteiger partial charge on any atom is 0.341 e. The molecule has 0 saturated carbocycles. The van der Waals surface area contributed by atoms with E-state index in [1.54, 1.807) is 12.1 Å². The van der Waals surface area contributed by atoms with E-state index in [-0.39, 0.29) is 18.7 Å². The molecule has 20 heavy (non-hydrogen) atoms. The summed E-state index contributed by atoms with van der Waals surface area (Å²) in [5, 5.41) is 0.400. The molecular weight excluding hydrogens is 306 g/mol. The molecule has 112 valence electrons. The van der Waals surface area contributed by atoms with Gasteiger partial charge in [-0.15, -0.1) is 0 Å². The van der Waals surface area contributed by atoms with Gasteiger partial charge in [0.05, 0.1) is 20.0 Å². The number of halogens is 1. The lowest BCUT2D eigenvalue weighted by molar-refractivity contribution is 0.0596. The van der Waals surface area contributed by atoms with Crippen LogP contribution in [0.3, 0.4) is 0 Å². The molecule has 1 rings (SSSR count). The number of methoxy groups -OCH3 is 1. The van der Waals surface area contributed by atoms with Crippen molar-refractivity contribution in [2.45, 2.75) is 6.42 Å². The highest BCUT2D eigenvalue weighted by Crippen LogP contribution is 2.23. The first-order chi connectivity index (χ1) is 9.33. The van der Waals surface area contributed by atoms with Crippen molar-refractivity contribution in [2.24, 2.45) is 0 Å². The molecule has 0 radical (unpaired) electrons. The van der Waals surface area contributed by atoms with Crippen LogP contribution in [-0.4, -0.2) is 40.9 Å². The molecule has 1 aromatic rings. The summed E-state index contributed by atoms with van der Waals surface area (Å²) >= 11 is 5.81. The summed E-state index contributed by atoms with van der Waals surface area (Å²) in [6.07, 6.45) is 1.55. The minimum atomic E-state index is -3.20. The molecule has 1 N–H and O–H groups in total. The average Bonchev–Trinajstić information content (AvgIpc) is 2.37. The summed E-state index contributed by atoms with van der Waals surface area (Å²) in [7, 11) is -1.93. The Balaban J connectivity index is 2.57. The number of hydrogen-bond donors (Lipinski definition) is 1. The van der Waals surface area contributed by atoms with Gasteiger partial charge in [-0.1, -0.05) is 11.6 Å². The van der Waals surface area contributed by atoms with Crippen LogP contribution in [0.4, 0.5) is 0 Å². The Morgan fingerprint density at radius 2 is 2.10 bits per heavy atom. The lowest BCUT2D eigenvalue weighted by atomic mass is 10.2. The second-order valence-electron chi connectivity index (χ2n) is 4.00. The molecule has 0 saturated heterocycles. The van der Waals surface area contributed by atoms with Gasteiger partial charge in [0.15, 0.2) is 0 Å². The van der Waals surface area contributed by atoms with Crippen LogP contribution >= 0.6 is 11.6 Å². The van der Waals surface area contributed by atoms with Crippen molar-refractivity contribution in [1.82, 2.24) is 4.72 Å². The van der Waals surface area contributed by atoms with Gasteiger partial charge in [0, 0.05) is 11.6 Å². The van der Waals surface area contributed by atoms with Crippen LogP contribution < -0.4 is 9.46 Å². The zero-order chi connectivity index (χ0) is 15.2. The zero-order valence-corrected chi connectivity index (χ0v) is 12.8. The summed E-state index contributed by atoms with van der Waals surface area (Å²) in [5.74, 6) is -0.197. The third kappa shape index (κ3) is 5.77. The first-order valence-corrected chi connectivity index (χ1v) is 8.05. The van der Waals surface area contributed by atoms with Crippen LogP contribution in [0.25, 0.3) is 0 Å². The van der Waals surface area contributed by atoms with Gasteiger partial charge < -0.3 is 9.47 Å². The molecule has 0 spiro atoms. The maximum atomic E-state index is 11.6. The van der Waals surface area contributed by atoms with E-state index in [1.807, 2.05) is 0 Å². The summed E-state index contributed by atoms with van der Waals surface area (Å²) < 4.78 is 34.1. The lowest BCUT2D eigenvalue weighted by Gasteiger charge is -2.10. The molecule has 0 aliphatic carbocycles. The van der Waals surface area contributed by atoms with Crippen LogP contribution in [0.1, 0.15) is 16.8 Å². The minimum Gasteiger partial charge on any atom is -0.493 e. The van der Waals surface area contributed by atoms with Gasteiger partial charge in [-0.2, -0.15) is 0 Å². The first kappa shape index (κ1) is 16.7. The molecule has 0 heterocycles. The highest BCUT2D eigenvalue weighted by atomic mass is 35.5. The molecule has 0 aromatic heterocycles. The molecule has 0 aliphatic heterocycles. The van der Waals surface area contributed by atoms with Gasteiger partial charge in [-0.25, -0.2) is 17.9 Å². The summed E-state index contributed by atoms with van der Waals surface area (Å²) in [4.78, 5) is 11.6. The van der Waals surface area contributed by atoms with Crippen molar-refractivity contribution in [2.75, 3.05) is 26.5 Å². The highest BCUT2D eigenvalue weighted by Gasteiger charge is 2.13. The number of carbonyl (C=O) groups excluding carboxylic acids is 1. The van der Waals surface area contributed by atoms with Gasteiger partial charge in [0.25, 0.3) is 0 Å². The number of hydrogen-bond acceptors (Lipinski definition) is 5. The van der Waals surface area contributed by atoms with Crippen molar-refractivity contribution in [3.05, 3.63) is 28.8 Å². The van der Waals surface area contributed by atoms with Crippen molar-refractivity contribution in [1.29, 1.82) is 0 Å². The molecule has 0 aliphatic rings. The Bertz CT molecular complexity index is 573. The molecule has 0 atom stereocenters. The standard InChI is InChI=1S/C12H16ClNO5S/c1-18-12(15)10-8-9(13)4-5-11(10)19-7-3-6-14-20(2,16)17/h4-5,8,14H,3,6-7H2,1-2H3. The Morgan fingerprint density at radius 1 is 1.40 bits per heavy atom. The molecule has 0 fully saturated rings. The lowest BCUT2D eigenvalue weighted by Crippen LogP contribution is -2.24. The first-order valence-electron chi connectivity index (χ1n) is 5.79. The van der Waals surface area contributed by atoms with E-state index < -0.39 is 16.0 Å². The van der Waals surface area contributed by atoms with Gasteiger partial charge in [-0.05, 0) is 24.6 Å². The van der Waals surface area contributed by atoms with Crippen LogP contribution in [0, 0.1) is 0 Å². The maximum absolute atomic E-state index is 11.6. The minimum absolute atomic E-state index is 0.232. The predicted octanol–water partition coefficient (Wildman–Crippen LogP) is 1.44. The highest BCUT2D eigenvalue weighted by molar-refractivity contribution is 7.88. The molecule has 8 heteroatoms. The van der Waals surface area contributed by atoms with Crippen LogP contribution in [0.15, 0.2) is 18.2 Å². The van der Waals surface area contributed by atoms with Gasteiger partial charge >= 0.3 is 5.97 Å². The van der Waals surface area contributed by atoms with Gasteiger partial charge in [0.1, 0.15) is 11.3 Å². The zero-order valence-electron chi connectivity index (χ0n) is 11.2. The SMILES string of the molecule is COC(=O)c1cc(Cl)ccc1OCCCNS(C)(=O)=O. The van der Waals surface area contributed by atoms with Crippen molar-refractivity contribution >= 4 is 27.6 Å². The Morgan fingerprint density at radius 3 is 2.70 bits per heavy atom. The number of rotatable bonds is 7. The molecule has 0 amide bonds.